The third-order valence-electron chi connectivity index (χ3n) is 4.98. The van der Waals surface area contributed by atoms with Gasteiger partial charge >= 0.3 is 6.18 Å². The summed E-state index contributed by atoms with van der Waals surface area (Å²) in [5.41, 5.74) is -0.00313. The second-order valence-electron chi connectivity index (χ2n) is 7.33. The highest BCUT2D eigenvalue weighted by Crippen LogP contribution is 2.37. The lowest BCUT2D eigenvalue weighted by Gasteiger charge is -2.31. The lowest BCUT2D eigenvalue weighted by molar-refractivity contribution is -0.137. The zero-order valence-electron chi connectivity index (χ0n) is 18.3. The van der Waals surface area contributed by atoms with Crippen LogP contribution in [0.25, 0.3) is 0 Å². The zero-order valence-corrected chi connectivity index (χ0v) is 19.1. The third-order valence-corrected chi connectivity index (χ3v) is 5.20. The van der Waals surface area contributed by atoms with Gasteiger partial charge in [0.2, 0.25) is 0 Å². The van der Waals surface area contributed by atoms with E-state index in [1.807, 2.05) is 6.92 Å². The van der Waals surface area contributed by atoms with Gasteiger partial charge < -0.3 is 25.4 Å². The number of nitrogens with one attached hydrogen (secondary N) is 3. The Balaban J connectivity index is 1.98. The van der Waals surface area contributed by atoms with Crippen LogP contribution in [0, 0.1) is 0 Å². The minimum absolute atomic E-state index is 0.199. The number of halogens is 3. The number of amides is 1. The van der Waals surface area contributed by atoms with Crippen LogP contribution in [0.5, 0.6) is 11.5 Å². The second kappa shape index (κ2) is 10.1. The summed E-state index contributed by atoms with van der Waals surface area (Å²) in [6, 6.07) is 9.29. The van der Waals surface area contributed by atoms with Crippen LogP contribution >= 0.6 is 12.2 Å². The molecule has 3 rings (SSSR count). The number of thiocarbonyl (C=S) groups is 1. The van der Waals surface area contributed by atoms with E-state index in [0.29, 0.717) is 29.4 Å². The molecular formula is C23H24F3N3O3S. The van der Waals surface area contributed by atoms with E-state index in [0.717, 1.165) is 12.5 Å². The Labute approximate surface area is 195 Å². The average molecular weight is 480 g/mol. The number of para-hydroxylation sites is 1. The summed E-state index contributed by atoms with van der Waals surface area (Å²) in [5, 5.41) is 8.58. The molecule has 33 heavy (non-hydrogen) atoms. The number of allylic oxidation sites excluding steroid dienone is 1. The summed E-state index contributed by atoms with van der Waals surface area (Å²) >= 11 is 5.25. The third kappa shape index (κ3) is 5.57. The molecule has 0 bridgehead atoms. The van der Waals surface area contributed by atoms with Crippen molar-refractivity contribution in [2.75, 3.05) is 19.0 Å². The summed E-state index contributed by atoms with van der Waals surface area (Å²) in [6.45, 7) is 4.13. The Morgan fingerprint density at radius 1 is 1.18 bits per heavy atom. The van der Waals surface area contributed by atoms with Crippen LogP contribution < -0.4 is 25.4 Å². The number of carbonyl (C=O) groups excluding carboxylic acids is 1. The minimum atomic E-state index is -4.61. The van der Waals surface area contributed by atoms with Crippen molar-refractivity contribution in [1.29, 1.82) is 0 Å². The molecule has 6 nitrogen and oxygen atoms in total. The molecule has 176 valence electrons. The van der Waals surface area contributed by atoms with Crippen LogP contribution in [0.1, 0.15) is 37.4 Å². The number of anilines is 1. The molecule has 1 aliphatic rings. The van der Waals surface area contributed by atoms with Crippen molar-refractivity contribution in [2.24, 2.45) is 0 Å². The molecule has 2 aromatic carbocycles. The Hall–Kier alpha value is -3.27. The molecule has 0 aromatic heterocycles. The van der Waals surface area contributed by atoms with Crippen LogP contribution in [-0.4, -0.2) is 24.7 Å². The fourth-order valence-electron chi connectivity index (χ4n) is 3.47. The maximum Gasteiger partial charge on any atom is 0.418 e. The molecule has 0 spiro atoms. The largest absolute Gasteiger partial charge is 0.493 e. The van der Waals surface area contributed by atoms with E-state index < -0.39 is 23.7 Å². The van der Waals surface area contributed by atoms with E-state index >= 15 is 0 Å². The van der Waals surface area contributed by atoms with E-state index in [4.69, 9.17) is 21.7 Å². The lowest BCUT2D eigenvalue weighted by atomic mass is 9.94. The van der Waals surface area contributed by atoms with E-state index in [9.17, 15) is 18.0 Å². The number of carbonyl (C=O) groups is 1. The number of hydrogen-bond donors (Lipinski definition) is 3. The monoisotopic (exact) mass is 479 g/mol. The predicted molar refractivity (Wildman–Crippen MR) is 123 cm³/mol. The summed E-state index contributed by atoms with van der Waals surface area (Å²) in [7, 11) is 1.50. The topological polar surface area (TPSA) is 71.6 Å². The van der Waals surface area contributed by atoms with Crippen LogP contribution in [0.2, 0.25) is 0 Å². The molecule has 0 radical (unpaired) electrons. The summed E-state index contributed by atoms with van der Waals surface area (Å²) < 4.78 is 51.3. The molecule has 0 fully saturated rings. The van der Waals surface area contributed by atoms with E-state index in [1.54, 1.807) is 25.1 Å². The molecule has 0 aliphatic carbocycles. The molecule has 1 amide bonds. The Morgan fingerprint density at radius 3 is 2.58 bits per heavy atom. The van der Waals surface area contributed by atoms with Gasteiger partial charge in [0.05, 0.1) is 36.6 Å². The van der Waals surface area contributed by atoms with Gasteiger partial charge in [0.1, 0.15) is 0 Å². The fourth-order valence-corrected chi connectivity index (χ4v) is 3.74. The van der Waals surface area contributed by atoms with Crippen LogP contribution in [-0.2, 0) is 11.0 Å². The Morgan fingerprint density at radius 2 is 1.91 bits per heavy atom. The first-order chi connectivity index (χ1) is 15.7. The van der Waals surface area contributed by atoms with Crippen molar-refractivity contribution in [2.45, 2.75) is 32.5 Å². The fraction of sp³-hybridized carbons (Fsp3) is 0.304. The number of rotatable bonds is 7. The first kappa shape index (κ1) is 24.4. The molecule has 1 heterocycles. The molecule has 1 atom stereocenters. The van der Waals surface area contributed by atoms with Crippen molar-refractivity contribution in [1.82, 2.24) is 10.6 Å². The number of hydrogen-bond acceptors (Lipinski definition) is 4. The Kier molecular flexibility index (Phi) is 7.47. The van der Waals surface area contributed by atoms with E-state index in [-0.39, 0.29) is 16.4 Å². The normalized spacial score (nSPS) is 16.1. The van der Waals surface area contributed by atoms with Crippen molar-refractivity contribution in [3.63, 3.8) is 0 Å². The summed E-state index contributed by atoms with van der Waals surface area (Å²) in [6.07, 6.45) is -3.79. The predicted octanol–water partition coefficient (Wildman–Crippen LogP) is 4.93. The van der Waals surface area contributed by atoms with Crippen molar-refractivity contribution in [3.05, 3.63) is 64.9 Å². The summed E-state index contributed by atoms with van der Waals surface area (Å²) in [4.78, 5) is 13.2. The van der Waals surface area contributed by atoms with Crippen molar-refractivity contribution in [3.8, 4) is 11.5 Å². The first-order valence-electron chi connectivity index (χ1n) is 10.2. The number of benzene rings is 2. The van der Waals surface area contributed by atoms with Gasteiger partial charge in [-0.05, 0) is 55.4 Å². The number of methoxy groups -OCH3 is 1. The maximum atomic E-state index is 13.4. The SMILES string of the molecule is CCCOc1ccc(C2NC(=S)NC(C)=C2C(=O)Nc2ccccc2C(F)(F)F)cc1OC. The molecule has 0 saturated carbocycles. The number of ether oxygens (including phenoxy) is 2. The van der Waals surface area contributed by atoms with Crippen LogP contribution in [0.3, 0.4) is 0 Å². The smallest absolute Gasteiger partial charge is 0.418 e. The van der Waals surface area contributed by atoms with Gasteiger partial charge in [0.15, 0.2) is 16.6 Å². The molecule has 1 aliphatic heterocycles. The molecule has 10 heteroatoms. The quantitative estimate of drug-likeness (QED) is 0.489. The van der Waals surface area contributed by atoms with Crippen LogP contribution in [0.4, 0.5) is 18.9 Å². The van der Waals surface area contributed by atoms with Gasteiger partial charge in [-0.1, -0.05) is 25.1 Å². The number of alkyl halides is 3. The van der Waals surface area contributed by atoms with Gasteiger partial charge in [-0.2, -0.15) is 13.2 Å². The van der Waals surface area contributed by atoms with Crippen LogP contribution in [0.15, 0.2) is 53.7 Å². The van der Waals surface area contributed by atoms with Gasteiger partial charge in [0.25, 0.3) is 5.91 Å². The molecule has 2 aromatic rings. The van der Waals surface area contributed by atoms with Gasteiger partial charge in [-0.25, -0.2) is 0 Å². The van der Waals surface area contributed by atoms with Gasteiger partial charge in [-0.3, -0.25) is 4.79 Å². The minimum Gasteiger partial charge on any atom is -0.493 e. The van der Waals surface area contributed by atoms with Crippen molar-refractivity contribution < 1.29 is 27.4 Å². The molecule has 1 unspecified atom stereocenters. The van der Waals surface area contributed by atoms with Gasteiger partial charge in [0, 0.05) is 5.70 Å². The molecule has 3 N–H and O–H groups in total. The molecule has 0 saturated heterocycles. The van der Waals surface area contributed by atoms with E-state index in [1.165, 1.54) is 25.3 Å². The highest BCUT2D eigenvalue weighted by molar-refractivity contribution is 7.80. The second-order valence-corrected chi connectivity index (χ2v) is 7.73. The van der Waals surface area contributed by atoms with Crippen molar-refractivity contribution >= 4 is 28.9 Å². The standard InChI is InChI=1S/C23H24F3N3O3S/c1-4-11-32-17-10-9-14(12-18(17)31-3)20-19(13(2)27-22(33)29-20)21(30)28-16-8-6-5-7-15(16)23(24,25)26/h5-10,12,20H,4,11H2,1-3H3,(H,28,30)(H2,27,29,33). The highest BCUT2D eigenvalue weighted by atomic mass is 32.1. The average Bonchev–Trinajstić information content (AvgIpc) is 2.76. The van der Waals surface area contributed by atoms with E-state index in [2.05, 4.69) is 16.0 Å². The summed E-state index contributed by atoms with van der Waals surface area (Å²) in [5.74, 6) is 0.319. The zero-order chi connectivity index (χ0) is 24.2. The van der Waals surface area contributed by atoms with Gasteiger partial charge in [-0.15, -0.1) is 0 Å². The lowest BCUT2D eigenvalue weighted by Crippen LogP contribution is -2.45. The first-order valence-corrected chi connectivity index (χ1v) is 10.6. The highest BCUT2D eigenvalue weighted by Gasteiger charge is 2.35. The Bertz CT molecular complexity index is 1090. The molecular weight excluding hydrogens is 455 g/mol. The maximum absolute atomic E-state index is 13.4.